The molecule has 5 rings (SSSR count). The van der Waals surface area contributed by atoms with Gasteiger partial charge in [0.15, 0.2) is 0 Å². The van der Waals surface area contributed by atoms with E-state index in [9.17, 15) is 9.59 Å². The highest BCUT2D eigenvalue weighted by Gasteiger charge is 2.41. The molecule has 3 aromatic rings. The van der Waals surface area contributed by atoms with Crippen molar-refractivity contribution in [1.29, 1.82) is 0 Å². The molecule has 172 valence electrons. The summed E-state index contributed by atoms with van der Waals surface area (Å²) in [7, 11) is 1.39. The first-order chi connectivity index (χ1) is 16.2. The van der Waals surface area contributed by atoms with Gasteiger partial charge in [-0.2, -0.15) is 0 Å². The van der Waals surface area contributed by atoms with E-state index in [1.807, 2.05) is 42.6 Å². The van der Waals surface area contributed by atoms with Gasteiger partial charge in [0.2, 0.25) is 0 Å². The third kappa shape index (κ3) is 4.27. The molecular formula is C27H30N2O4. The van der Waals surface area contributed by atoms with Gasteiger partial charge in [0.1, 0.15) is 0 Å². The second kappa shape index (κ2) is 9.40. The summed E-state index contributed by atoms with van der Waals surface area (Å²) < 4.78 is 12.7. The van der Waals surface area contributed by atoms with Crippen LogP contribution in [0.15, 0.2) is 54.7 Å². The summed E-state index contributed by atoms with van der Waals surface area (Å²) in [5.74, 6) is -0.164. The minimum Gasteiger partial charge on any atom is -0.465 e. The fourth-order valence-corrected chi connectivity index (χ4v) is 5.24. The molecule has 0 spiro atoms. The number of aryl methyl sites for hydroxylation is 2. The van der Waals surface area contributed by atoms with Crippen LogP contribution in [0, 0.1) is 0 Å². The molecule has 6 heteroatoms. The first-order valence-corrected chi connectivity index (χ1v) is 11.8. The molecule has 0 aliphatic carbocycles. The van der Waals surface area contributed by atoms with E-state index >= 15 is 0 Å². The number of nitrogens with zero attached hydrogens (tertiary/aromatic N) is 2. The summed E-state index contributed by atoms with van der Waals surface area (Å²) in [6, 6.07) is 16.2. The van der Waals surface area contributed by atoms with Crippen molar-refractivity contribution in [1.82, 2.24) is 9.47 Å². The second-order valence-electron chi connectivity index (χ2n) is 9.03. The van der Waals surface area contributed by atoms with E-state index in [-0.39, 0.29) is 24.0 Å². The number of amides is 1. The Hall–Kier alpha value is -3.12. The molecule has 2 bridgehead atoms. The van der Waals surface area contributed by atoms with E-state index in [4.69, 9.17) is 9.47 Å². The summed E-state index contributed by atoms with van der Waals surface area (Å²) in [5, 5.41) is 1.03. The Bertz CT molecular complexity index is 1130. The molecule has 0 radical (unpaired) electrons. The fourth-order valence-electron chi connectivity index (χ4n) is 5.24. The number of morpholine rings is 1. The van der Waals surface area contributed by atoms with Gasteiger partial charge >= 0.3 is 5.97 Å². The van der Waals surface area contributed by atoms with E-state index in [1.165, 1.54) is 12.7 Å². The number of fused-ring (bicyclic) bond motifs is 3. The molecule has 0 saturated carbocycles. The number of methoxy groups -OCH3 is 1. The molecule has 1 aromatic heterocycles. The van der Waals surface area contributed by atoms with Crippen LogP contribution in [0.2, 0.25) is 0 Å². The largest absolute Gasteiger partial charge is 0.465 e. The van der Waals surface area contributed by atoms with E-state index in [2.05, 4.69) is 21.6 Å². The number of benzene rings is 2. The van der Waals surface area contributed by atoms with E-state index < -0.39 is 0 Å². The Kier molecular flexibility index (Phi) is 6.18. The minimum atomic E-state index is -0.309. The van der Waals surface area contributed by atoms with Gasteiger partial charge in [-0.3, -0.25) is 4.79 Å². The highest BCUT2D eigenvalue weighted by molar-refractivity contribution is 6.07. The van der Waals surface area contributed by atoms with E-state index in [0.717, 1.165) is 55.1 Å². The molecule has 2 aliphatic rings. The lowest BCUT2D eigenvalue weighted by molar-refractivity contribution is -0.00706. The monoisotopic (exact) mass is 446 g/mol. The number of rotatable bonds is 7. The Morgan fingerprint density at radius 3 is 2.45 bits per heavy atom. The van der Waals surface area contributed by atoms with Crippen LogP contribution < -0.4 is 0 Å². The quantitative estimate of drug-likeness (QED) is 0.397. The van der Waals surface area contributed by atoms with E-state index in [0.29, 0.717) is 18.8 Å². The Labute approximate surface area is 194 Å². The van der Waals surface area contributed by atoms with Crippen LogP contribution in [0.4, 0.5) is 0 Å². The first-order valence-electron chi connectivity index (χ1n) is 11.8. The summed E-state index contributed by atoms with van der Waals surface area (Å²) in [4.78, 5) is 27.2. The molecule has 3 heterocycles. The van der Waals surface area contributed by atoms with Crippen LogP contribution in [-0.4, -0.2) is 53.8 Å². The summed E-state index contributed by atoms with van der Waals surface area (Å²) in [6.45, 7) is 2.17. The maximum atomic E-state index is 13.5. The SMILES string of the molecule is COC(=O)c1ccc(CCCCn2cc(C(=O)N3C4CCC3COC4)c3ccccc32)cc1. The molecular weight excluding hydrogens is 416 g/mol. The van der Waals surface area contributed by atoms with Crippen molar-refractivity contribution in [3.8, 4) is 0 Å². The Morgan fingerprint density at radius 2 is 1.73 bits per heavy atom. The average Bonchev–Trinajstić information content (AvgIpc) is 3.35. The van der Waals surface area contributed by atoms with Gasteiger partial charge in [0.05, 0.1) is 43.5 Å². The molecule has 2 aliphatic heterocycles. The van der Waals surface area contributed by atoms with Gasteiger partial charge in [0.25, 0.3) is 5.91 Å². The summed E-state index contributed by atoms with van der Waals surface area (Å²) >= 11 is 0. The number of hydrogen-bond donors (Lipinski definition) is 0. The normalized spacial score (nSPS) is 19.7. The second-order valence-corrected chi connectivity index (χ2v) is 9.03. The lowest BCUT2D eigenvalue weighted by Crippen LogP contribution is -2.49. The lowest BCUT2D eigenvalue weighted by Gasteiger charge is -2.34. The lowest BCUT2D eigenvalue weighted by atomic mass is 10.1. The number of carbonyl (C=O) groups excluding carboxylic acids is 2. The standard InChI is InChI=1S/C27H30N2O4/c1-32-27(31)20-11-9-19(10-12-20)6-4-5-15-28-16-24(23-7-2-3-8-25(23)28)26(30)29-21-13-14-22(29)18-33-17-21/h2-3,7-12,16,21-22H,4-6,13-15,17-18H2,1H3. The number of unbranched alkanes of at least 4 members (excludes halogenated alkanes) is 1. The number of esters is 1. The smallest absolute Gasteiger partial charge is 0.337 e. The molecule has 33 heavy (non-hydrogen) atoms. The zero-order valence-electron chi connectivity index (χ0n) is 19.0. The van der Waals surface area contributed by atoms with Crippen molar-refractivity contribution < 1.29 is 19.1 Å². The Morgan fingerprint density at radius 1 is 1.00 bits per heavy atom. The van der Waals surface area contributed by atoms with Gasteiger partial charge in [-0.05, 0) is 55.9 Å². The molecule has 2 saturated heterocycles. The molecule has 0 N–H and O–H groups in total. The van der Waals surface area contributed by atoms with Gasteiger partial charge in [-0.25, -0.2) is 4.79 Å². The summed E-state index contributed by atoms with van der Waals surface area (Å²) in [5.41, 5.74) is 3.70. The van der Waals surface area contributed by atoms with Crippen molar-refractivity contribution in [2.75, 3.05) is 20.3 Å². The minimum absolute atomic E-state index is 0.145. The topological polar surface area (TPSA) is 60.8 Å². The first kappa shape index (κ1) is 21.7. The van der Waals surface area contributed by atoms with Gasteiger partial charge in [0, 0.05) is 23.6 Å². The molecule has 6 nitrogen and oxygen atoms in total. The van der Waals surface area contributed by atoms with Gasteiger partial charge in [-0.15, -0.1) is 0 Å². The molecule has 2 aromatic carbocycles. The van der Waals surface area contributed by atoms with Crippen LogP contribution in [0.25, 0.3) is 10.9 Å². The van der Waals surface area contributed by atoms with Crippen LogP contribution in [-0.2, 0) is 22.4 Å². The number of hydrogen-bond acceptors (Lipinski definition) is 4. The summed E-state index contributed by atoms with van der Waals surface area (Å²) in [6.07, 6.45) is 7.11. The van der Waals surface area contributed by atoms with Crippen molar-refractivity contribution in [2.45, 2.75) is 50.7 Å². The third-order valence-corrected chi connectivity index (χ3v) is 6.98. The zero-order valence-corrected chi connectivity index (χ0v) is 19.0. The van der Waals surface area contributed by atoms with Gasteiger partial charge < -0.3 is 18.9 Å². The van der Waals surface area contributed by atoms with Crippen LogP contribution >= 0.6 is 0 Å². The van der Waals surface area contributed by atoms with Crippen molar-refractivity contribution >= 4 is 22.8 Å². The van der Waals surface area contributed by atoms with Crippen LogP contribution in [0.5, 0.6) is 0 Å². The van der Waals surface area contributed by atoms with Crippen molar-refractivity contribution in [2.24, 2.45) is 0 Å². The van der Waals surface area contributed by atoms with Crippen LogP contribution in [0.1, 0.15) is 52.0 Å². The third-order valence-electron chi connectivity index (χ3n) is 6.98. The highest BCUT2D eigenvalue weighted by Crippen LogP contribution is 2.32. The number of carbonyl (C=O) groups is 2. The van der Waals surface area contributed by atoms with Crippen molar-refractivity contribution in [3.63, 3.8) is 0 Å². The Balaban J connectivity index is 1.26. The molecule has 2 fully saturated rings. The number of para-hydroxylation sites is 1. The maximum Gasteiger partial charge on any atom is 0.337 e. The fraction of sp³-hybridized carbons (Fsp3) is 0.407. The van der Waals surface area contributed by atoms with Crippen LogP contribution in [0.3, 0.4) is 0 Å². The predicted octanol–water partition coefficient (Wildman–Crippen LogP) is 4.45. The van der Waals surface area contributed by atoms with Crippen molar-refractivity contribution in [3.05, 3.63) is 71.4 Å². The number of aromatic nitrogens is 1. The molecule has 2 unspecified atom stereocenters. The maximum absolute atomic E-state index is 13.5. The number of ether oxygens (including phenoxy) is 2. The predicted molar refractivity (Wildman–Crippen MR) is 126 cm³/mol. The average molecular weight is 447 g/mol. The van der Waals surface area contributed by atoms with E-state index in [1.54, 1.807) is 0 Å². The zero-order chi connectivity index (χ0) is 22.8. The molecule has 1 amide bonds. The molecule has 2 atom stereocenters. The van der Waals surface area contributed by atoms with Gasteiger partial charge in [-0.1, -0.05) is 30.3 Å². The highest BCUT2D eigenvalue weighted by atomic mass is 16.5.